The minimum Gasteiger partial charge on any atom is -0.388 e. The molecule has 1 aromatic rings. The van der Waals surface area contributed by atoms with Crippen LogP contribution in [0.4, 0.5) is 8.78 Å². The minimum absolute atomic E-state index is 0.141. The molecule has 0 aliphatic heterocycles. The molecule has 0 saturated carbocycles. The van der Waals surface area contributed by atoms with E-state index in [1.807, 2.05) is 0 Å². The fourth-order valence-corrected chi connectivity index (χ4v) is 1.23. The molecule has 0 aliphatic rings. The predicted octanol–water partition coefficient (Wildman–Crippen LogP) is 1.41. The second kappa shape index (κ2) is 5.70. The third-order valence-electron chi connectivity index (χ3n) is 2.32. The molecule has 1 aromatic carbocycles. The van der Waals surface area contributed by atoms with Crippen molar-refractivity contribution in [3.05, 3.63) is 35.4 Å². The Hall–Kier alpha value is -1.53. The van der Waals surface area contributed by atoms with Crippen molar-refractivity contribution in [1.29, 1.82) is 0 Å². The number of amides is 1. The summed E-state index contributed by atoms with van der Waals surface area (Å²) in [5, 5.41) is 10.6. The van der Waals surface area contributed by atoms with E-state index in [1.165, 1.54) is 20.2 Å². The van der Waals surface area contributed by atoms with Crippen LogP contribution in [0, 0.1) is 11.6 Å². The first-order chi connectivity index (χ1) is 7.95. The van der Waals surface area contributed by atoms with Gasteiger partial charge in [0, 0.05) is 7.05 Å². The highest BCUT2D eigenvalue weighted by molar-refractivity contribution is 5.75. The molecular formula is C11H13F2NO3. The van der Waals surface area contributed by atoms with Crippen molar-refractivity contribution in [2.75, 3.05) is 14.2 Å². The van der Waals surface area contributed by atoms with Gasteiger partial charge in [-0.1, -0.05) is 6.07 Å². The number of carbonyl (C=O) groups is 1. The molecule has 94 valence electrons. The molecule has 1 amide bonds. The molecule has 0 spiro atoms. The first-order valence-corrected chi connectivity index (χ1v) is 4.89. The van der Waals surface area contributed by atoms with Crippen LogP contribution in [0.25, 0.3) is 0 Å². The van der Waals surface area contributed by atoms with Crippen LogP contribution in [-0.2, 0) is 9.63 Å². The van der Waals surface area contributed by atoms with Crippen molar-refractivity contribution in [3.8, 4) is 0 Å². The molecule has 4 nitrogen and oxygen atoms in total. The van der Waals surface area contributed by atoms with E-state index >= 15 is 0 Å². The van der Waals surface area contributed by atoms with Gasteiger partial charge in [0.05, 0.1) is 19.6 Å². The van der Waals surface area contributed by atoms with Gasteiger partial charge in [0.1, 0.15) is 0 Å². The second-order valence-corrected chi connectivity index (χ2v) is 3.47. The predicted molar refractivity (Wildman–Crippen MR) is 55.7 cm³/mol. The molecule has 0 radical (unpaired) electrons. The Bertz CT molecular complexity index is 412. The fraction of sp³-hybridized carbons (Fsp3) is 0.364. The lowest BCUT2D eigenvalue weighted by atomic mass is 10.1. The van der Waals surface area contributed by atoms with Gasteiger partial charge in [-0.15, -0.1) is 0 Å². The number of hydrogen-bond donors (Lipinski definition) is 1. The summed E-state index contributed by atoms with van der Waals surface area (Å²) in [4.78, 5) is 16.0. The molecule has 6 heteroatoms. The van der Waals surface area contributed by atoms with Crippen molar-refractivity contribution in [2.24, 2.45) is 0 Å². The standard InChI is InChI=1S/C11H13F2NO3/c1-14(17-2)11(16)6-10(15)7-3-4-8(12)9(13)5-7/h3-5,10,15H,6H2,1-2H3. The van der Waals surface area contributed by atoms with E-state index in [2.05, 4.69) is 4.84 Å². The van der Waals surface area contributed by atoms with Gasteiger partial charge in [0.2, 0.25) is 5.91 Å². The van der Waals surface area contributed by atoms with E-state index < -0.39 is 23.6 Å². The summed E-state index contributed by atoms with van der Waals surface area (Å²) in [7, 11) is 2.70. The lowest BCUT2D eigenvalue weighted by Crippen LogP contribution is -2.26. The Balaban J connectivity index is 2.73. The van der Waals surface area contributed by atoms with Crippen LogP contribution >= 0.6 is 0 Å². The van der Waals surface area contributed by atoms with Gasteiger partial charge in [-0.05, 0) is 17.7 Å². The molecule has 1 atom stereocenters. The molecule has 0 fully saturated rings. The fourth-order valence-electron chi connectivity index (χ4n) is 1.23. The number of aliphatic hydroxyl groups is 1. The van der Waals surface area contributed by atoms with Crippen LogP contribution in [0.5, 0.6) is 0 Å². The molecule has 1 rings (SSSR count). The molecule has 1 N–H and O–H groups in total. The molecule has 0 aromatic heterocycles. The van der Waals surface area contributed by atoms with Crippen LogP contribution in [0.3, 0.4) is 0 Å². The number of hydroxylamine groups is 2. The normalized spacial score (nSPS) is 12.3. The largest absolute Gasteiger partial charge is 0.388 e. The SMILES string of the molecule is CON(C)C(=O)CC(O)c1ccc(F)c(F)c1. The third kappa shape index (κ3) is 3.47. The van der Waals surface area contributed by atoms with E-state index in [-0.39, 0.29) is 12.0 Å². The van der Waals surface area contributed by atoms with E-state index in [9.17, 15) is 18.7 Å². The van der Waals surface area contributed by atoms with Gasteiger partial charge in [-0.25, -0.2) is 13.8 Å². The smallest absolute Gasteiger partial charge is 0.248 e. The zero-order valence-electron chi connectivity index (χ0n) is 9.48. The third-order valence-corrected chi connectivity index (χ3v) is 2.32. The Morgan fingerprint density at radius 1 is 1.47 bits per heavy atom. The van der Waals surface area contributed by atoms with E-state index in [0.29, 0.717) is 0 Å². The molecule has 17 heavy (non-hydrogen) atoms. The minimum atomic E-state index is -1.20. The molecule has 0 saturated heterocycles. The maximum atomic E-state index is 12.9. The van der Waals surface area contributed by atoms with Gasteiger partial charge in [-0.3, -0.25) is 9.63 Å². The average Bonchev–Trinajstić information content (AvgIpc) is 2.31. The summed E-state index contributed by atoms with van der Waals surface area (Å²) in [5.41, 5.74) is 0.141. The Morgan fingerprint density at radius 2 is 2.12 bits per heavy atom. The number of halogens is 2. The summed E-state index contributed by atoms with van der Waals surface area (Å²) in [6.45, 7) is 0. The highest BCUT2D eigenvalue weighted by Gasteiger charge is 2.17. The number of aliphatic hydroxyl groups excluding tert-OH is 1. The van der Waals surface area contributed by atoms with Crippen LogP contribution in [0.2, 0.25) is 0 Å². The van der Waals surface area contributed by atoms with Gasteiger partial charge in [0.15, 0.2) is 11.6 Å². The topological polar surface area (TPSA) is 49.8 Å². The van der Waals surface area contributed by atoms with Gasteiger partial charge >= 0.3 is 0 Å². The maximum absolute atomic E-state index is 12.9. The van der Waals surface area contributed by atoms with Crippen LogP contribution < -0.4 is 0 Å². The molecule has 0 bridgehead atoms. The van der Waals surface area contributed by atoms with Gasteiger partial charge in [0.25, 0.3) is 0 Å². The average molecular weight is 245 g/mol. The van der Waals surface area contributed by atoms with Crippen LogP contribution in [0.15, 0.2) is 18.2 Å². The summed E-state index contributed by atoms with van der Waals surface area (Å²) in [6.07, 6.45) is -1.47. The Morgan fingerprint density at radius 3 is 2.65 bits per heavy atom. The first kappa shape index (κ1) is 13.5. The zero-order chi connectivity index (χ0) is 13.0. The number of hydrogen-bond acceptors (Lipinski definition) is 3. The number of nitrogens with zero attached hydrogens (tertiary/aromatic N) is 1. The summed E-state index contributed by atoms with van der Waals surface area (Å²) < 4.78 is 25.6. The van der Waals surface area contributed by atoms with E-state index in [1.54, 1.807) is 0 Å². The highest BCUT2D eigenvalue weighted by Crippen LogP contribution is 2.19. The lowest BCUT2D eigenvalue weighted by Gasteiger charge is -2.16. The van der Waals surface area contributed by atoms with E-state index in [0.717, 1.165) is 17.2 Å². The summed E-state index contributed by atoms with van der Waals surface area (Å²) in [6, 6.07) is 2.99. The van der Waals surface area contributed by atoms with Crippen LogP contribution in [-0.4, -0.2) is 30.2 Å². The first-order valence-electron chi connectivity index (χ1n) is 4.89. The molecule has 1 unspecified atom stereocenters. The Labute approximate surface area is 97.4 Å². The van der Waals surface area contributed by atoms with Crippen molar-refractivity contribution in [3.63, 3.8) is 0 Å². The Kier molecular flexibility index (Phi) is 4.53. The zero-order valence-corrected chi connectivity index (χ0v) is 9.48. The number of carbonyl (C=O) groups excluding carboxylic acids is 1. The monoisotopic (exact) mass is 245 g/mol. The van der Waals surface area contributed by atoms with E-state index in [4.69, 9.17) is 0 Å². The number of rotatable bonds is 4. The maximum Gasteiger partial charge on any atom is 0.248 e. The molecule has 0 heterocycles. The quantitative estimate of drug-likeness (QED) is 0.816. The van der Waals surface area contributed by atoms with Crippen molar-refractivity contribution >= 4 is 5.91 Å². The number of benzene rings is 1. The van der Waals surface area contributed by atoms with Gasteiger partial charge < -0.3 is 5.11 Å². The summed E-state index contributed by atoms with van der Waals surface area (Å²) >= 11 is 0. The van der Waals surface area contributed by atoms with Gasteiger partial charge in [-0.2, -0.15) is 0 Å². The van der Waals surface area contributed by atoms with Crippen molar-refractivity contribution in [1.82, 2.24) is 5.06 Å². The molecule has 0 aliphatic carbocycles. The summed E-state index contributed by atoms with van der Waals surface area (Å²) in [5.74, 6) is -2.53. The van der Waals surface area contributed by atoms with Crippen molar-refractivity contribution in [2.45, 2.75) is 12.5 Å². The molecular weight excluding hydrogens is 232 g/mol. The van der Waals surface area contributed by atoms with Crippen molar-refractivity contribution < 1.29 is 23.5 Å². The second-order valence-electron chi connectivity index (χ2n) is 3.47. The van der Waals surface area contributed by atoms with Crippen LogP contribution in [0.1, 0.15) is 18.1 Å². The highest BCUT2D eigenvalue weighted by atomic mass is 19.2. The lowest BCUT2D eigenvalue weighted by molar-refractivity contribution is -0.170.